The Bertz CT molecular complexity index is 824. The first-order valence-corrected chi connectivity index (χ1v) is 9.62. The molecule has 5 nitrogen and oxygen atoms in total. The van der Waals surface area contributed by atoms with Gasteiger partial charge >= 0.3 is 11.9 Å². The van der Waals surface area contributed by atoms with E-state index in [2.05, 4.69) is 6.07 Å². The van der Waals surface area contributed by atoms with E-state index in [1.165, 1.54) is 25.4 Å². The number of hydrogen-bond donors (Lipinski definition) is 0. The van der Waals surface area contributed by atoms with Crippen LogP contribution in [0, 0.1) is 17.3 Å². The van der Waals surface area contributed by atoms with Crippen molar-refractivity contribution in [2.45, 2.75) is 38.5 Å². The van der Waals surface area contributed by atoms with Crippen molar-refractivity contribution in [1.29, 1.82) is 0 Å². The highest BCUT2D eigenvalue weighted by Gasteiger charge is 2.56. The molecular formula is C22H26O5. The van der Waals surface area contributed by atoms with Crippen LogP contribution in [0.2, 0.25) is 0 Å². The second kappa shape index (κ2) is 6.70. The molecule has 0 N–H and O–H groups in total. The van der Waals surface area contributed by atoms with Crippen molar-refractivity contribution >= 4 is 17.5 Å². The largest absolute Gasteiger partial charge is 0.497 e. The molecule has 0 radical (unpaired) electrons. The Kier molecular flexibility index (Phi) is 4.49. The van der Waals surface area contributed by atoms with E-state index in [9.17, 15) is 9.59 Å². The maximum atomic E-state index is 12.7. The van der Waals surface area contributed by atoms with E-state index in [4.69, 9.17) is 14.2 Å². The molecule has 1 aromatic rings. The average molecular weight is 370 g/mol. The number of ether oxygens (including phenoxy) is 3. The van der Waals surface area contributed by atoms with Crippen molar-refractivity contribution in [2.75, 3.05) is 21.3 Å². The number of carbonyl (C=O) groups excluding carboxylic acids is 2. The van der Waals surface area contributed by atoms with Gasteiger partial charge in [-0.3, -0.25) is 9.59 Å². The molecule has 0 unspecified atom stereocenters. The van der Waals surface area contributed by atoms with Gasteiger partial charge in [-0.2, -0.15) is 0 Å². The van der Waals surface area contributed by atoms with Crippen LogP contribution in [0.5, 0.6) is 5.75 Å². The SMILES string of the molecule is COC(=O)[C@H]1Cc2cc(OC)ccc2C2=C1[C@@H]1CCC[C@@]1(C(=O)OC)CC2. The molecule has 0 aromatic heterocycles. The van der Waals surface area contributed by atoms with E-state index in [0.717, 1.165) is 49.0 Å². The summed E-state index contributed by atoms with van der Waals surface area (Å²) in [4.78, 5) is 25.5. The fourth-order valence-corrected chi connectivity index (χ4v) is 5.66. The van der Waals surface area contributed by atoms with Crippen molar-refractivity contribution in [1.82, 2.24) is 0 Å². The van der Waals surface area contributed by atoms with E-state index in [-0.39, 0.29) is 23.8 Å². The Morgan fingerprint density at radius 3 is 2.63 bits per heavy atom. The van der Waals surface area contributed by atoms with E-state index >= 15 is 0 Å². The number of hydrogen-bond acceptors (Lipinski definition) is 5. The van der Waals surface area contributed by atoms with Crippen LogP contribution >= 0.6 is 0 Å². The molecule has 3 atom stereocenters. The summed E-state index contributed by atoms with van der Waals surface area (Å²) in [5.41, 5.74) is 4.17. The lowest BCUT2D eigenvalue weighted by Crippen LogP contribution is -2.43. The van der Waals surface area contributed by atoms with Gasteiger partial charge in [0.2, 0.25) is 0 Å². The normalized spacial score (nSPS) is 28.7. The molecule has 0 bridgehead atoms. The van der Waals surface area contributed by atoms with Gasteiger partial charge in [0.1, 0.15) is 5.75 Å². The minimum Gasteiger partial charge on any atom is -0.497 e. The Hall–Kier alpha value is -2.30. The van der Waals surface area contributed by atoms with Crippen molar-refractivity contribution < 1.29 is 23.8 Å². The number of fused-ring (bicyclic) bond motifs is 4. The third-order valence-electron chi connectivity index (χ3n) is 6.84. The Morgan fingerprint density at radius 2 is 1.93 bits per heavy atom. The van der Waals surface area contributed by atoms with Crippen molar-refractivity contribution in [3.8, 4) is 5.75 Å². The Labute approximate surface area is 159 Å². The molecule has 3 aliphatic carbocycles. The molecule has 27 heavy (non-hydrogen) atoms. The minimum atomic E-state index is -0.482. The van der Waals surface area contributed by atoms with Crippen molar-refractivity contribution in [3.63, 3.8) is 0 Å². The zero-order valence-electron chi connectivity index (χ0n) is 16.2. The summed E-state index contributed by atoms with van der Waals surface area (Å²) in [5.74, 6) is 0.177. The first-order chi connectivity index (χ1) is 13.1. The molecule has 0 spiro atoms. The lowest BCUT2D eigenvalue weighted by molar-refractivity contribution is -0.156. The topological polar surface area (TPSA) is 61.8 Å². The molecule has 1 fully saturated rings. The second-order valence-corrected chi connectivity index (χ2v) is 7.83. The van der Waals surface area contributed by atoms with Crippen LogP contribution in [0.25, 0.3) is 5.57 Å². The lowest BCUT2D eigenvalue weighted by atomic mass is 9.59. The minimum absolute atomic E-state index is 0.0630. The molecular weight excluding hydrogens is 344 g/mol. The summed E-state index contributed by atoms with van der Waals surface area (Å²) in [5, 5.41) is 0. The first-order valence-electron chi connectivity index (χ1n) is 9.62. The maximum absolute atomic E-state index is 12.7. The summed E-state index contributed by atoms with van der Waals surface area (Å²) in [6, 6.07) is 6.09. The highest BCUT2D eigenvalue weighted by Crippen LogP contribution is 2.60. The van der Waals surface area contributed by atoms with Gasteiger partial charge in [0.15, 0.2) is 0 Å². The van der Waals surface area contributed by atoms with Gasteiger partial charge in [0.25, 0.3) is 0 Å². The average Bonchev–Trinajstić information content (AvgIpc) is 3.16. The number of methoxy groups -OCH3 is 3. The summed E-state index contributed by atoms with van der Waals surface area (Å²) in [6.07, 6.45) is 4.90. The monoisotopic (exact) mass is 370 g/mol. The molecule has 0 heterocycles. The van der Waals surface area contributed by atoms with Crippen LogP contribution in [-0.2, 0) is 25.5 Å². The van der Waals surface area contributed by atoms with Gasteiger partial charge in [-0.1, -0.05) is 12.5 Å². The van der Waals surface area contributed by atoms with E-state index in [1.54, 1.807) is 7.11 Å². The molecule has 1 aromatic carbocycles. The molecule has 4 rings (SSSR count). The smallest absolute Gasteiger partial charge is 0.313 e. The molecule has 5 heteroatoms. The summed E-state index contributed by atoms with van der Waals surface area (Å²) in [7, 11) is 4.56. The van der Waals surface area contributed by atoms with E-state index in [0.29, 0.717) is 6.42 Å². The summed E-state index contributed by atoms with van der Waals surface area (Å²) < 4.78 is 15.7. The number of rotatable bonds is 3. The van der Waals surface area contributed by atoms with Crippen LogP contribution in [0.4, 0.5) is 0 Å². The molecule has 144 valence electrons. The molecule has 0 saturated heterocycles. The van der Waals surface area contributed by atoms with E-state index in [1.807, 2.05) is 12.1 Å². The number of allylic oxidation sites excluding steroid dienone is 1. The molecule has 0 amide bonds. The van der Waals surface area contributed by atoms with Crippen LogP contribution in [0.3, 0.4) is 0 Å². The van der Waals surface area contributed by atoms with Crippen molar-refractivity contribution in [3.05, 3.63) is 34.9 Å². The Morgan fingerprint density at radius 1 is 1.11 bits per heavy atom. The van der Waals surface area contributed by atoms with Crippen LogP contribution < -0.4 is 4.74 Å². The van der Waals surface area contributed by atoms with E-state index < -0.39 is 5.41 Å². The van der Waals surface area contributed by atoms with Crippen LogP contribution in [-0.4, -0.2) is 33.3 Å². The van der Waals surface area contributed by atoms with Crippen LogP contribution in [0.1, 0.15) is 43.2 Å². The van der Waals surface area contributed by atoms with Gasteiger partial charge < -0.3 is 14.2 Å². The highest BCUT2D eigenvalue weighted by molar-refractivity contribution is 5.89. The quantitative estimate of drug-likeness (QED) is 0.762. The zero-order valence-corrected chi connectivity index (χ0v) is 16.2. The van der Waals surface area contributed by atoms with Gasteiger partial charge in [-0.25, -0.2) is 0 Å². The zero-order chi connectivity index (χ0) is 19.2. The van der Waals surface area contributed by atoms with Gasteiger partial charge in [0, 0.05) is 0 Å². The molecule has 3 aliphatic rings. The fraction of sp³-hybridized carbons (Fsp3) is 0.545. The predicted octanol–water partition coefficient (Wildman–Crippen LogP) is 3.55. The van der Waals surface area contributed by atoms with Crippen molar-refractivity contribution in [2.24, 2.45) is 17.3 Å². The third-order valence-corrected chi connectivity index (χ3v) is 6.84. The van der Waals surface area contributed by atoms with Gasteiger partial charge in [-0.15, -0.1) is 0 Å². The molecule has 0 aliphatic heterocycles. The predicted molar refractivity (Wildman–Crippen MR) is 100 cm³/mol. The second-order valence-electron chi connectivity index (χ2n) is 7.83. The fourth-order valence-electron chi connectivity index (χ4n) is 5.66. The standard InChI is InChI=1S/C22H26O5/c1-25-14-6-7-15-13(11-14)12-17(20(23)26-2)19-16(15)8-10-22(21(24)27-3)9-4-5-18(19)22/h6-7,11,17-18H,4-5,8-10,12H2,1-3H3/t17-,18-,22+/m0/s1. The maximum Gasteiger partial charge on any atom is 0.313 e. The number of carbonyl (C=O) groups is 2. The van der Waals surface area contributed by atoms with Gasteiger partial charge in [0.05, 0.1) is 32.7 Å². The third kappa shape index (κ3) is 2.59. The van der Waals surface area contributed by atoms with Gasteiger partial charge in [-0.05, 0) is 72.4 Å². The molecule has 1 saturated carbocycles. The summed E-state index contributed by atoms with van der Waals surface area (Å²) >= 11 is 0. The highest BCUT2D eigenvalue weighted by atomic mass is 16.5. The van der Waals surface area contributed by atoms with Crippen LogP contribution in [0.15, 0.2) is 23.8 Å². The Balaban J connectivity index is 1.88. The first kappa shape index (κ1) is 18.1. The number of esters is 2. The lowest BCUT2D eigenvalue weighted by Gasteiger charge is -2.44. The number of benzene rings is 1. The summed E-state index contributed by atoms with van der Waals surface area (Å²) in [6.45, 7) is 0.